The number of amides is 1. The molecule has 2 rings (SSSR count). The molecule has 0 heterocycles. The van der Waals surface area contributed by atoms with E-state index in [1.54, 1.807) is 7.11 Å². The van der Waals surface area contributed by atoms with E-state index in [0.29, 0.717) is 19.6 Å². The SMILES string of the molecule is COc1ccccc1CNCCNC(=O)OCc1ccccc1. The Bertz CT molecular complexity index is 602. The first-order valence-electron chi connectivity index (χ1n) is 7.57. The van der Waals surface area contributed by atoms with Gasteiger partial charge in [0.25, 0.3) is 0 Å². The Hall–Kier alpha value is -2.53. The molecular weight excluding hydrogens is 292 g/mol. The molecule has 1 amide bonds. The van der Waals surface area contributed by atoms with Crippen LogP contribution in [0.3, 0.4) is 0 Å². The quantitative estimate of drug-likeness (QED) is 0.736. The summed E-state index contributed by atoms with van der Waals surface area (Å²) in [4.78, 5) is 11.6. The van der Waals surface area contributed by atoms with Gasteiger partial charge in [-0.3, -0.25) is 0 Å². The number of hydrogen-bond donors (Lipinski definition) is 2. The number of methoxy groups -OCH3 is 1. The maximum atomic E-state index is 11.6. The molecule has 0 spiro atoms. The Morgan fingerprint density at radius 1 is 1.00 bits per heavy atom. The summed E-state index contributed by atoms with van der Waals surface area (Å²) < 4.78 is 10.4. The summed E-state index contributed by atoms with van der Waals surface area (Å²) in [6.45, 7) is 2.12. The Balaban J connectivity index is 1.59. The topological polar surface area (TPSA) is 59.6 Å². The second-order valence-electron chi connectivity index (χ2n) is 4.98. The predicted molar refractivity (Wildman–Crippen MR) is 89.3 cm³/mol. The van der Waals surface area contributed by atoms with Crippen molar-refractivity contribution in [1.29, 1.82) is 0 Å². The Morgan fingerprint density at radius 2 is 1.74 bits per heavy atom. The molecule has 0 saturated carbocycles. The second kappa shape index (κ2) is 9.48. The van der Waals surface area contributed by atoms with Crippen LogP contribution in [0.25, 0.3) is 0 Å². The lowest BCUT2D eigenvalue weighted by molar-refractivity contribution is 0.139. The zero-order chi connectivity index (χ0) is 16.3. The standard InChI is InChI=1S/C18H22N2O3/c1-22-17-10-6-5-9-16(17)13-19-11-12-20-18(21)23-14-15-7-3-2-4-8-15/h2-10,19H,11-14H2,1H3,(H,20,21). The molecule has 23 heavy (non-hydrogen) atoms. The largest absolute Gasteiger partial charge is 0.496 e. The average Bonchev–Trinajstić information content (AvgIpc) is 2.61. The van der Waals surface area contributed by atoms with Gasteiger partial charge in [-0.15, -0.1) is 0 Å². The van der Waals surface area contributed by atoms with Crippen molar-refractivity contribution in [3.63, 3.8) is 0 Å². The Morgan fingerprint density at radius 3 is 2.52 bits per heavy atom. The van der Waals surface area contributed by atoms with Gasteiger partial charge in [-0.1, -0.05) is 48.5 Å². The number of nitrogens with one attached hydrogen (secondary N) is 2. The van der Waals surface area contributed by atoms with Crippen molar-refractivity contribution < 1.29 is 14.3 Å². The molecule has 0 aliphatic carbocycles. The van der Waals surface area contributed by atoms with Crippen LogP contribution in [0.2, 0.25) is 0 Å². The molecule has 2 N–H and O–H groups in total. The fraction of sp³-hybridized carbons (Fsp3) is 0.278. The monoisotopic (exact) mass is 314 g/mol. The van der Waals surface area contributed by atoms with Crippen molar-refractivity contribution in [3.05, 3.63) is 65.7 Å². The lowest BCUT2D eigenvalue weighted by Crippen LogP contribution is -2.32. The van der Waals surface area contributed by atoms with Crippen LogP contribution in [0.1, 0.15) is 11.1 Å². The van der Waals surface area contributed by atoms with E-state index < -0.39 is 6.09 Å². The van der Waals surface area contributed by atoms with Gasteiger partial charge in [-0.25, -0.2) is 4.79 Å². The van der Waals surface area contributed by atoms with Crippen LogP contribution in [0.5, 0.6) is 5.75 Å². The number of hydrogen-bond acceptors (Lipinski definition) is 4. The summed E-state index contributed by atoms with van der Waals surface area (Å²) in [7, 11) is 1.66. The molecule has 0 unspecified atom stereocenters. The third kappa shape index (κ3) is 6.00. The van der Waals surface area contributed by atoms with Gasteiger partial charge < -0.3 is 20.1 Å². The Kier molecular flexibility index (Phi) is 6.94. The lowest BCUT2D eigenvalue weighted by Gasteiger charge is -2.10. The smallest absolute Gasteiger partial charge is 0.407 e. The van der Waals surface area contributed by atoms with E-state index in [1.807, 2.05) is 54.6 Å². The number of carbonyl (C=O) groups excluding carboxylic acids is 1. The first kappa shape index (κ1) is 16.8. The summed E-state index contributed by atoms with van der Waals surface area (Å²) in [5.41, 5.74) is 2.05. The third-order valence-corrected chi connectivity index (χ3v) is 3.29. The van der Waals surface area contributed by atoms with Gasteiger partial charge in [0.05, 0.1) is 7.11 Å². The molecule has 0 bridgehead atoms. The normalized spacial score (nSPS) is 10.1. The molecule has 0 aliphatic rings. The van der Waals surface area contributed by atoms with E-state index >= 15 is 0 Å². The highest BCUT2D eigenvalue weighted by atomic mass is 16.5. The van der Waals surface area contributed by atoms with E-state index in [-0.39, 0.29) is 6.61 Å². The van der Waals surface area contributed by atoms with Gasteiger partial charge >= 0.3 is 6.09 Å². The number of rotatable bonds is 8. The van der Waals surface area contributed by atoms with E-state index in [2.05, 4.69) is 10.6 Å². The maximum Gasteiger partial charge on any atom is 0.407 e. The highest BCUT2D eigenvalue weighted by Gasteiger charge is 2.03. The second-order valence-corrected chi connectivity index (χ2v) is 4.98. The van der Waals surface area contributed by atoms with Gasteiger partial charge in [0.15, 0.2) is 0 Å². The van der Waals surface area contributed by atoms with Crippen molar-refractivity contribution in [2.45, 2.75) is 13.2 Å². The zero-order valence-corrected chi connectivity index (χ0v) is 13.2. The molecule has 0 atom stereocenters. The molecule has 2 aromatic carbocycles. The molecule has 0 aliphatic heterocycles. The first-order valence-corrected chi connectivity index (χ1v) is 7.57. The molecule has 0 fully saturated rings. The van der Waals surface area contributed by atoms with E-state index in [1.165, 1.54) is 0 Å². The molecule has 5 heteroatoms. The van der Waals surface area contributed by atoms with Crippen LogP contribution in [-0.2, 0) is 17.9 Å². The van der Waals surface area contributed by atoms with E-state index in [0.717, 1.165) is 16.9 Å². The van der Waals surface area contributed by atoms with Gasteiger partial charge in [-0.2, -0.15) is 0 Å². The minimum atomic E-state index is -0.409. The van der Waals surface area contributed by atoms with Crippen LogP contribution < -0.4 is 15.4 Å². The van der Waals surface area contributed by atoms with Crippen molar-refractivity contribution in [2.24, 2.45) is 0 Å². The molecule has 2 aromatic rings. The van der Waals surface area contributed by atoms with Crippen LogP contribution in [-0.4, -0.2) is 26.3 Å². The van der Waals surface area contributed by atoms with Crippen LogP contribution >= 0.6 is 0 Å². The number of ether oxygens (including phenoxy) is 2. The van der Waals surface area contributed by atoms with Crippen molar-refractivity contribution in [3.8, 4) is 5.75 Å². The van der Waals surface area contributed by atoms with Crippen molar-refractivity contribution in [1.82, 2.24) is 10.6 Å². The minimum absolute atomic E-state index is 0.279. The summed E-state index contributed by atoms with van der Waals surface area (Å²) in [5.74, 6) is 0.857. The number of alkyl carbamates (subject to hydrolysis) is 1. The van der Waals surface area contributed by atoms with Crippen LogP contribution in [0.4, 0.5) is 4.79 Å². The van der Waals surface area contributed by atoms with Crippen LogP contribution in [0, 0.1) is 0 Å². The molecule has 0 aromatic heterocycles. The zero-order valence-electron chi connectivity index (χ0n) is 13.2. The number of carbonyl (C=O) groups is 1. The van der Waals surface area contributed by atoms with E-state index in [9.17, 15) is 4.79 Å². The van der Waals surface area contributed by atoms with Crippen molar-refractivity contribution in [2.75, 3.05) is 20.2 Å². The first-order chi connectivity index (χ1) is 11.3. The third-order valence-electron chi connectivity index (χ3n) is 3.29. The highest BCUT2D eigenvalue weighted by molar-refractivity contribution is 5.67. The molecule has 0 saturated heterocycles. The van der Waals surface area contributed by atoms with E-state index in [4.69, 9.17) is 9.47 Å². The summed E-state index contributed by atoms with van der Waals surface area (Å²) >= 11 is 0. The van der Waals surface area contributed by atoms with Gasteiger partial charge in [-0.05, 0) is 11.6 Å². The van der Waals surface area contributed by atoms with Crippen LogP contribution in [0.15, 0.2) is 54.6 Å². The predicted octanol–water partition coefficient (Wildman–Crippen LogP) is 2.71. The van der Waals surface area contributed by atoms with Gasteiger partial charge in [0, 0.05) is 25.2 Å². The summed E-state index contributed by atoms with van der Waals surface area (Å²) in [6, 6.07) is 17.4. The van der Waals surface area contributed by atoms with Crippen molar-refractivity contribution >= 4 is 6.09 Å². The summed E-state index contributed by atoms with van der Waals surface area (Å²) in [5, 5.41) is 5.97. The van der Waals surface area contributed by atoms with Gasteiger partial charge in [0.2, 0.25) is 0 Å². The lowest BCUT2D eigenvalue weighted by atomic mass is 10.2. The molecular formula is C18H22N2O3. The van der Waals surface area contributed by atoms with Gasteiger partial charge in [0.1, 0.15) is 12.4 Å². The molecule has 0 radical (unpaired) electrons. The minimum Gasteiger partial charge on any atom is -0.496 e. The average molecular weight is 314 g/mol. The Labute approximate surface area is 136 Å². The highest BCUT2D eigenvalue weighted by Crippen LogP contribution is 2.16. The number of benzene rings is 2. The fourth-order valence-corrected chi connectivity index (χ4v) is 2.10. The maximum absolute atomic E-state index is 11.6. The molecule has 5 nitrogen and oxygen atoms in total. The molecule has 122 valence electrons. The summed E-state index contributed by atoms with van der Waals surface area (Å²) in [6.07, 6.45) is -0.409. The fourth-order valence-electron chi connectivity index (χ4n) is 2.10. The number of para-hydroxylation sites is 1.